The molecule has 100 valence electrons. The average molecular weight is 270 g/mol. The zero-order chi connectivity index (χ0) is 13.8. The molecule has 0 aromatic heterocycles. The van der Waals surface area contributed by atoms with E-state index in [1.165, 1.54) is 13.8 Å². The molecule has 0 aromatic carbocycles. The molecule has 1 unspecified atom stereocenters. The fourth-order valence-electron chi connectivity index (χ4n) is 1.08. The number of carbonyl (C=O) groups is 2. The van der Waals surface area contributed by atoms with Gasteiger partial charge >= 0.3 is 13.8 Å². The lowest BCUT2D eigenvalue weighted by Gasteiger charge is -2.24. The number of ketones is 1. The molecule has 0 aromatic rings. The number of phosphoric acid groups is 1. The van der Waals surface area contributed by atoms with E-state index in [4.69, 9.17) is 14.9 Å². The second-order valence-corrected chi connectivity index (χ2v) is 4.95. The molecule has 0 bridgehead atoms. The van der Waals surface area contributed by atoms with E-state index in [2.05, 4.69) is 4.52 Å². The van der Waals surface area contributed by atoms with E-state index >= 15 is 0 Å². The summed E-state index contributed by atoms with van der Waals surface area (Å²) < 4.78 is 14.5. The van der Waals surface area contributed by atoms with Gasteiger partial charge in [0.15, 0.2) is 6.29 Å². The van der Waals surface area contributed by atoms with Crippen molar-refractivity contribution in [3.05, 3.63) is 0 Å². The number of aliphatic carboxylic acids is 1. The summed E-state index contributed by atoms with van der Waals surface area (Å²) >= 11 is 0. The van der Waals surface area contributed by atoms with E-state index in [9.17, 15) is 19.3 Å². The van der Waals surface area contributed by atoms with Crippen molar-refractivity contribution < 1.29 is 38.7 Å². The second-order valence-electron chi connectivity index (χ2n) is 3.76. The fourth-order valence-corrected chi connectivity index (χ4v) is 1.56. The first kappa shape index (κ1) is 16.2. The van der Waals surface area contributed by atoms with Gasteiger partial charge in [0.05, 0.1) is 0 Å². The standard InChI is InChI=1S/C8H15O8P/c1-4(3-6(9)7(10)11)5(2)8(12)16-17(13,14)15/h4-5,8,12H,3H2,1-2H3,(H,10,11)(H2,13,14,15)/t4-,5-,8?/m1/s1. The Balaban J connectivity index is 4.39. The van der Waals surface area contributed by atoms with Gasteiger partial charge in [-0.3, -0.25) is 9.32 Å². The van der Waals surface area contributed by atoms with Crippen LogP contribution in [0.3, 0.4) is 0 Å². The third kappa shape index (κ3) is 6.50. The van der Waals surface area contributed by atoms with Crippen LogP contribution < -0.4 is 0 Å². The van der Waals surface area contributed by atoms with Gasteiger partial charge in [-0.05, 0) is 5.92 Å². The third-order valence-electron chi connectivity index (χ3n) is 2.34. The molecule has 4 N–H and O–H groups in total. The molecular formula is C8H15O8P. The summed E-state index contributed by atoms with van der Waals surface area (Å²) in [6, 6.07) is 0. The molecule has 0 saturated carbocycles. The number of rotatable bonds is 7. The Morgan fingerprint density at radius 3 is 2.12 bits per heavy atom. The molecule has 0 spiro atoms. The number of aliphatic hydroxyl groups is 1. The highest BCUT2D eigenvalue weighted by Gasteiger charge is 2.30. The Morgan fingerprint density at radius 2 is 1.76 bits per heavy atom. The van der Waals surface area contributed by atoms with Crippen molar-refractivity contribution in [2.45, 2.75) is 26.6 Å². The van der Waals surface area contributed by atoms with Crippen molar-refractivity contribution in [1.82, 2.24) is 0 Å². The Morgan fingerprint density at radius 1 is 1.29 bits per heavy atom. The van der Waals surface area contributed by atoms with Gasteiger partial charge in [-0.2, -0.15) is 0 Å². The first-order chi connectivity index (χ1) is 7.54. The molecule has 0 aliphatic heterocycles. The van der Waals surface area contributed by atoms with E-state index in [1.54, 1.807) is 0 Å². The summed E-state index contributed by atoms with van der Waals surface area (Å²) in [6.45, 7) is 2.86. The van der Waals surface area contributed by atoms with E-state index < -0.39 is 37.7 Å². The molecule has 0 aliphatic carbocycles. The third-order valence-corrected chi connectivity index (χ3v) is 2.83. The summed E-state index contributed by atoms with van der Waals surface area (Å²) in [7, 11) is -4.82. The molecule has 17 heavy (non-hydrogen) atoms. The van der Waals surface area contributed by atoms with Crippen LogP contribution in [0, 0.1) is 11.8 Å². The van der Waals surface area contributed by atoms with Crippen LogP contribution in [0.15, 0.2) is 0 Å². The molecule has 0 rings (SSSR count). The molecule has 0 amide bonds. The van der Waals surface area contributed by atoms with E-state index in [0.29, 0.717) is 0 Å². The average Bonchev–Trinajstić information content (AvgIpc) is 2.13. The number of carboxylic acid groups (broad SMARTS) is 1. The van der Waals surface area contributed by atoms with E-state index in [1.807, 2.05) is 0 Å². The Labute approximate surface area is 97.5 Å². The van der Waals surface area contributed by atoms with Crippen LogP contribution in [0.25, 0.3) is 0 Å². The zero-order valence-corrected chi connectivity index (χ0v) is 10.2. The van der Waals surface area contributed by atoms with Crippen LogP contribution in [-0.2, 0) is 18.7 Å². The summed E-state index contributed by atoms with van der Waals surface area (Å²) in [5, 5.41) is 17.7. The first-order valence-corrected chi connectivity index (χ1v) is 6.25. The maximum atomic E-state index is 10.9. The molecule has 9 heteroatoms. The van der Waals surface area contributed by atoms with Crippen molar-refractivity contribution in [3.63, 3.8) is 0 Å². The molecule has 0 radical (unpaired) electrons. The smallest absolute Gasteiger partial charge is 0.471 e. The fraction of sp³-hybridized carbons (Fsp3) is 0.750. The number of aliphatic hydroxyl groups excluding tert-OH is 1. The minimum Gasteiger partial charge on any atom is -0.476 e. The van der Waals surface area contributed by atoms with E-state index in [-0.39, 0.29) is 6.42 Å². The molecule has 0 aliphatic rings. The van der Waals surface area contributed by atoms with Crippen LogP contribution >= 0.6 is 7.82 Å². The lowest BCUT2D eigenvalue weighted by atomic mass is 9.91. The van der Waals surface area contributed by atoms with Crippen molar-refractivity contribution in [1.29, 1.82) is 0 Å². The van der Waals surface area contributed by atoms with Crippen molar-refractivity contribution in [3.8, 4) is 0 Å². The molecule has 3 atom stereocenters. The molecular weight excluding hydrogens is 255 g/mol. The highest BCUT2D eigenvalue weighted by Crippen LogP contribution is 2.39. The predicted octanol–water partition coefficient (Wildman–Crippen LogP) is -0.270. The quantitative estimate of drug-likeness (QED) is 0.281. The molecule has 0 fully saturated rings. The Hall–Kier alpha value is -0.790. The SMILES string of the molecule is C[C@H](CC(=O)C(=O)O)[C@@H](C)C(O)OP(=O)(O)O. The van der Waals surface area contributed by atoms with Gasteiger partial charge < -0.3 is 20.0 Å². The number of phosphoric ester groups is 1. The van der Waals surface area contributed by atoms with Gasteiger partial charge in [0.1, 0.15) is 0 Å². The molecule has 8 nitrogen and oxygen atoms in total. The minimum absolute atomic E-state index is 0.349. The summed E-state index contributed by atoms with van der Waals surface area (Å²) in [4.78, 5) is 38.1. The Bertz CT molecular complexity index is 334. The second kappa shape index (κ2) is 6.23. The summed E-state index contributed by atoms with van der Waals surface area (Å²) in [5.74, 6) is -4.02. The normalized spacial score (nSPS) is 17.2. The highest BCUT2D eigenvalue weighted by molar-refractivity contribution is 7.46. The van der Waals surface area contributed by atoms with Crippen molar-refractivity contribution in [2.75, 3.05) is 0 Å². The van der Waals surface area contributed by atoms with Gasteiger partial charge in [-0.1, -0.05) is 13.8 Å². The Kier molecular flexibility index (Phi) is 5.94. The van der Waals surface area contributed by atoms with Crippen LogP contribution in [-0.4, -0.2) is 38.0 Å². The van der Waals surface area contributed by atoms with Crippen LogP contribution in [0.4, 0.5) is 0 Å². The van der Waals surface area contributed by atoms with Gasteiger partial charge in [0.25, 0.3) is 0 Å². The first-order valence-electron chi connectivity index (χ1n) is 4.72. The highest BCUT2D eigenvalue weighted by atomic mass is 31.2. The minimum atomic E-state index is -4.82. The van der Waals surface area contributed by atoms with Crippen molar-refractivity contribution in [2.24, 2.45) is 11.8 Å². The summed E-state index contributed by atoms with van der Waals surface area (Å²) in [6.07, 6.45) is -2.12. The number of Topliss-reactive ketones (excluding diaryl/α,β-unsaturated/α-hetero) is 1. The lowest BCUT2D eigenvalue weighted by molar-refractivity contribution is -0.150. The lowest BCUT2D eigenvalue weighted by Crippen LogP contribution is -2.28. The molecule has 0 heterocycles. The monoisotopic (exact) mass is 270 g/mol. The zero-order valence-electron chi connectivity index (χ0n) is 9.31. The maximum Gasteiger partial charge on any atom is 0.471 e. The largest absolute Gasteiger partial charge is 0.476 e. The van der Waals surface area contributed by atoms with Crippen LogP contribution in [0.1, 0.15) is 20.3 Å². The summed E-state index contributed by atoms with van der Waals surface area (Å²) in [5.41, 5.74) is 0. The van der Waals surface area contributed by atoms with Gasteiger partial charge in [0, 0.05) is 12.3 Å². The van der Waals surface area contributed by atoms with Gasteiger partial charge in [0.2, 0.25) is 5.78 Å². The van der Waals surface area contributed by atoms with E-state index in [0.717, 1.165) is 0 Å². The number of carboxylic acids is 1. The topological polar surface area (TPSA) is 141 Å². The molecule has 0 saturated heterocycles. The van der Waals surface area contributed by atoms with Crippen LogP contribution in [0.5, 0.6) is 0 Å². The predicted molar refractivity (Wildman–Crippen MR) is 54.7 cm³/mol. The van der Waals surface area contributed by atoms with Crippen molar-refractivity contribution >= 4 is 19.6 Å². The van der Waals surface area contributed by atoms with Gasteiger partial charge in [-0.15, -0.1) is 0 Å². The number of carbonyl (C=O) groups excluding carboxylic acids is 1. The van der Waals surface area contributed by atoms with Gasteiger partial charge in [-0.25, -0.2) is 9.36 Å². The number of hydrogen-bond acceptors (Lipinski definition) is 5. The van der Waals surface area contributed by atoms with Crippen LogP contribution in [0.2, 0.25) is 0 Å². The number of hydrogen-bond donors (Lipinski definition) is 4. The maximum absolute atomic E-state index is 10.9.